The van der Waals surface area contributed by atoms with E-state index in [4.69, 9.17) is 12.2 Å². The highest BCUT2D eigenvalue weighted by molar-refractivity contribution is 8.26. The van der Waals surface area contributed by atoms with E-state index in [1.165, 1.54) is 11.8 Å². The number of carbonyl (C=O) groups is 1. The molecule has 2 rings (SSSR count). The lowest BCUT2D eigenvalue weighted by molar-refractivity contribution is -0.115. The summed E-state index contributed by atoms with van der Waals surface area (Å²) in [5.41, 5.74) is 1.97. The number of carbonyl (C=O) groups excluding carboxylic acids is 1. The number of nitrogens with zero attached hydrogens (tertiary/aromatic N) is 2. The Hall–Kier alpha value is -1.14. The number of rotatable bonds is 1. The summed E-state index contributed by atoms with van der Waals surface area (Å²) in [6, 6.07) is 0. The molecule has 1 fully saturated rings. The summed E-state index contributed by atoms with van der Waals surface area (Å²) in [5.74, 6) is -0.131. The van der Waals surface area contributed by atoms with Crippen molar-refractivity contribution in [1.29, 1.82) is 0 Å². The zero-order chi connectivity index (χ0) is 11.0. The molecule has 0 aliphatic carbocycles. The van der Waals surface area contributed by atoms with Crippen LogP contribution in [0.3, 0.4) is 0 Å². The maximum atomic E-state index is 11.4. The number of nitrogens with one attached hydrogen (secondary N) is 1. The summed E-state index contributed by atoms with van der Waals surface area (Å²) < 4.78 is 2.27. The zero-order valence-electron chi connectivity index (χ0n) is 8.27. The first-order chi connectivity index (χ1) is 7.08. The lowest BCUT2D eigenvalue weighted by Crippen LogP contribution is -2.17. The van der Waals surface area contributed by atoms with Crippen molar-refractivity contribution < 1.29 is 4.79 Å². The Balaban J connectivity index is 2.35. The fourth-order valence-corrected chi connectivity index (χ4v) is 2.25. The fraction of sp³-hybridized carbons (Fsp3) is 0.222. The van der Waals surface area contributed by atoms with Crippen LogP contribution in [0, 0.1) is 6.92 Å². The van der Waals surface area contributed by atoms with Crippen molar-refractivity contribution in [3.8, 4) is 0 Å². The molecule has 1 aromatic heterocycles. The van der Waals surface area contributed by atoms with Gasteiger partial charge in [0.05, 0.1) is 11.1 Å². The van der Waals surface area contributed by atoms with E-state index in [1.54, 1.807) is 10.9 Å². The molecule has 0 aromatic carbocycles. The second-order valence-corrected chi connectivity index (χ2v) is 4.88. The van der Waals surface area contributed by atoms with Crippen molar-refractivity contribution in [1.82, 2.24) is 15.1 Å². The summed E-state index contributed by atoms with van der Waals surface area (Å²) in [4.78, 5) is 12.0. The van der Waals surface area contributed by atoms with Crippen molar-refractivity contribution in [3.05, 3.63) is 22.4 Å². The third-order valence-corrected chi connectivity index (χ3v) is 3.36. The Morgan fingerprint density at radius 3 is 2.87 bits per heavy atom. The Morgan fingerprint density at radius 1 is 1.67 bits per heavy atom. The molecule has 1 aliphatic heterocycles. The molecular weight excluding hydrogens is 230 g/mol. The number of aryl methyl sites for hydroxylation is 1. The highest BCUT2D eigenvalue weighted by Crippen LogP contribution is 2.26. The van der Waals surface area contributed by atoms with E-state index in [0.717, 1.165) is 11.3 Å². The average Bonchev–Trinajstić information content (AvgIpc) is 2.64. The minimum Gasteiger partial charge on any atom is -0.307 e. The monoisotopic (exact) mass is 239 g/mol. The number of hydrogen-bond acceptors (Lipinski definition) is 4. The quantitative estimate of drug-likeness (QED) is 0.591. The van der Waals surface area contributed by atoms with E-state index in [2.05, 4.69) is 10.4 Å². The van der Waals surface area contributed by atoms with Crippen LogP contribution in [0.25, 0.3) is 6.08 Å². The van der Waals surface area contributed by atoms with Gasteiger partial charge in [0.2, 0.25) is 0 Å². The second-order valence-electron chi connectivity index (χ2n) is 3.16. The minimum atomic E-state index is -0.131. The molecule has 1 saturated heterocycles. The molecule has 0 saturated carbocycles. The molecule has 1 amide bonds. The third-order valence-electron chi connectivity index (χ3n) is 2.20. The maximum absolute atomic E-state index is 11.4. The molecule has 15 heavy (non-hydrogen) atoms. The van der Waals surface area contributed by atoms with Crippen molar-refractivity contribution >= 4 is 40.3 Å². The highest BCUT2D eigenvalue weighted by Gasteiger charge is 2.22. The summed E-state index contributed by atoms with van der Waals surface area (Å²) >= 11 is 6.18. The van der Waals surface area contributed by atoms with Gasteiger partial charge in [-0.25, -0.2) is 0 Å². The van der Waals surface area contributed by atoms with E-state index >= 15 is 0 Å². The van der Waals surface area contributed by atoms with Gasteiger partial charge in [-0.2, -0.15) is 5.10 Å². The van der Waals surface area contributed by atoms with Crippen LogP contribution < -0.4 is 5.32 Å². The predicted octanol–water partition coefficient (Wildman–Crippen LogP) is 1.22. The van der Waals surface area contributed by atoms with E-state index in [-0.39, 0.29) is 5.91 Å². The molecule has 0 atom stereocenters. The van der Waals surface area contributed by atoms with Crippen LogP contribution in [0.1, 0.15) is 11.3 Å². The predicted molar refractivity (Wildman–Crippen MR) is 64.3 cm³/mol. The summed E-state index contributed by atoms with van der Waals surface area (Å²) in [6.07, 6.45) is 3.54. The van der Waals surface area contributed by atoms with Gasteiger partial charge in [0.1, 0.15) is 4.32 Å². The molecular formula is C9H9N3OS2. The largest absolute Gasteiger partial charge is 0.307 e. The molecule has 1 aliphatic rings. The molecule has 1 N–H and O–H groups in total. The van der Waals surface area contributed by atoms with Crippen LogP contribution in [-0.4, -0.2) is 20.0 Å². The van der Waals surface area contributed by atoms with Crippen LogP contribution in [0.15, 0.2) is 11.1 Å². The van der Waals surface area contributed by atoms with Gasteiger partial charge in [-0.15, -0.1) is 0 Å². The summed E-state index contributed by atoms with van der Waals surface area (Å²) in [6.45, 7) is 1.95. The lowest BCUT2D eigenvalue weighted by atomic mass is 10.2. The number of aromatic nitrogens is 2. The number of amides is 1. The van der Waals surface area contributed by atoms with Crippen molar-refractivity contribution in [2.75, 3.05) is 0 Å². The van der Waals surface area contributed by atoms with E-state index in [0.29, 0.717) is 9.23 Å². The first-order valence-electron chi connectivity index (χ1n) is 4.31. The molecule has 0 radical (unpaired) electrons. The SMILES string of the molecule is Cc1c(/C=C2/SC(=S)NC2=O)cnn1C. The first kappa shape index (κ1) is 10.4. The number of hydrogen-bond donors (Lipinski definition) is 1. The van der Waals surface area contributed by atoms with Gasteiger partial charge in [-0.1, -0.05) is 24.0 Å². The van der Waals surface area contributed by atoms with E-state index in [9.17, 15) is 4.79 Å². The second kappa shape index (κ2) is 3.79. The Labute approximate surface area is 96.7 Å². The smallest absolute Gasteiger partial charge is 0.263 e. The normalized spacial score (nSPS) is 18.7. The molecule has 4 nitrogen and oxygen atoms in total. The molecule has 0 spiro atoms. The Morgan fingerprint density at radius 2 is 2.40 bits per heavy atom. The van der Waals surface area contributed by atoms with Gasteiger partial charge in [0.15, 0.2) is 0 Å². The van der Waals surface area contributed by atoms with Crippen LogP contribution in [0.4, 0.5) is 0 Å². The number of thiocarbonyl (C=S) groups is 1. The van der Waals surface area contributed by atoms with Crippen LogP contribution in [0.5, 0.6) is 0 Å². The first-order valence-corrected chi connectivity index (χ1v) is 5.54. The van der Waals surface area contributed by atoms with Crippen LogP contribution in [0.2, 0.25) is 0 Å². The molecule has 1 aromatic rings. The maximum Gasteiger partial charge on any atom is 0.263 e. The van der Waals surface area contributed by atoms with Gasteiger partial charge in [0, 0.05) is 18.3 Å². The topological polar surface area (TPSA) is 46.9 Å². The highest BCUT2D eigenvalue weighted by atomic mass is 32.2. The van der Waals surface area contributed by atoms with Gasteiger partial charge < -0.3 is 5.32 Å². The summed E-state index contributed by atoms with van der Waals surface area (Å²) in [7, 11) is 1.86. The van der Waals surface area contributed by atoms with Crippen LogP contribution >= 0.6 is 24.0 Å². The van der Waals surface area contributed by atoms with Crippen molar-refractivity contribution in [2.24, 2.45) is 7.05 Å². The lowest BCUT2D eigenvalue weighted by Gasteiger charge is -1.95. The zero-order valence-corrected chi connectivity index (χ0v) is 9.91. The van der Waals surface area contributed by atoms with Gasteiger partial charge in [-0.3, -0.25) is 9.48 Å². The van der Waals surface area contributed by atoms with Crippen molar-refractivity contribution in [3.63, 3.8) is 0 Å². The molecule has 6 heteroatoms. The summed E-state index contributed by atoms with van der Waals surface area (Å²) in [5, 5.41) is 6.67. The number of thioether (sulfide) groups is 1. The standard InChI is InChI=1S/C9H9N3OS2/c1-5-6(4-10-12(5)2)3-7-8(13)11-9(14)15-7/h3-4H,1-2H3,(H,11,13,14)/b7-3+. The van der Waals surface area contributed by atoms with Gasteiger partial charge >= 0.3 is 0 Å². The average molecular weight is 239 g/mol. The Kier molecular flexibility index (Phi) is 2.62. The fourth-order valence-electron chi connectivity index (χ4n) is 1.22. The molecule has 2 heterocycles. The molecule has 0 unspecified atom stereocenters. The Bertz CT molecular complexity index is 476. The van der Waals surface area contributed by atoms with Crippen LogP contribution in [-0.2, 0) is 11.8 Å². The third kappa shape index (κ3) is 1.95. The van der Waals surface area contributed by atoms with Gasteiger partial charge in [0.25, 0.3) is 5.91 Å². The molecule has 0 bridgehead atoms. The van der Waals surface area contributed by atoms with E-state index < -0.39 is 0 Å². The van der Waals surface area contributed by atoms with Gasteiger partial charge in [-0.05, 0) is 13.0 Å². The minimum absolute atomic E-state index is 0.131. The molecule has 78 valence electrons. The van der Waals surface area contributed by atoms with Crippen molar-refractivity contribution in [2.45, 2.75) is 6.92 Å². The van der Waals surface area contributed by atoms with E-state index in [1.807, 2.05) is 20.0 Å².